The first kappa shape index (κ1) is 18.4. The molecule has 0 bridgehead atoms. The van der Waals surface area contributed by atoms with Gasteiger partial charge >= 0.3 is 0 Å². The molecule has 0 N–H and O–H groups in total. The number of hydrogen-bond acceptors (Lipinski definition) is 5. The molecule has 1 saturated carbocycles. The van der Waals surface area contributed by atoms with Crippen molar-refractivity contribution in [2.45, 2.75) is 38.6 Å². The highest BCUT2D eigenvalue weighted by Crippen LogP contribution is 2.28. The first-order valence-corrected chi connectivity index (χ1v) is 10.1. The van der Waals surface area contributed by atoms with Crippen molar-refractivity contribution in [2.24, 2.45) is 5.92 Å². The summed E-state index contributed by atoms with van der Waals surface area (Å²) in [6, 6.07) is 7.39. The Bertz CT molecular complexity index is 763. The number of carbonyl (C=O) groups is 1. The van der Waals surface area contributed by atoms with Gasteiger partial charge < -0.3 is 9.42 Å². The van der Waals surface area contributed by atoms with Crippen molar-refractivity contribution in [1.82, 2.24) is 19.9 Å². The Labute approximate surface area is 164 Å². The maximum Gasteiger partial charge on any atom is 0.241 e. The maximum atomic E-state index is 12.5. The molecule has 1 aliphatic heterocycles. The van der Waals surface area contributed by atoms with Gasteiger partial charge in [-0.1, -0.05) is 29.6 Å². The fourth-order valence-electron chi connectivity index (χ4n) is 3.97. The van der Waals surface area contributed by atoms with Gasteiger partial charge in [-0.3, -0.25) is 9.69 Å². The molecule has 1 aromatic heterocycles. The number of rotatable bonds is 5. The number of nitrogens with zero attached hydrogens (tertiary/aromatic N) is 4. The third-order valence-electron chi connectivity index (χ3n) is 5.59. The van der Waals surface area contributed by atoms with Crippen LogP contribution < -0.4 is 0 Å². The predicted molar refractivity (Wildman–Crippen MR) is 103 cm³/mol. The summed E-state index contributed by atoms with van der Waals surface area (Å²) in [5.74, 6) is 2.11. The number of piperazine rings is 1. The first-order chi connectivity index (χ1) is 13.2. The van der Waals surface area contributed by atoms with Gasteiger partial charge in [0.2, 0.25) is 17.6 Å². The Hall–Kier alpha value is -1.92. The van der Waals surface area contributed by atoms with Gasteiger partial charge in [0.1, 0.15) is 0 Å². The van der Waals surface area contributed by atoms with E-state index in [0.717, 1.165) is 38.2 Å². The van der Waals surface area contributed by atoms with Crippen LogP contribution in [-0.4, -0.2) is 52.0 Å². The van der Waals surface area contributed by atoms with Gasteiger partial charge in [0, 0.05) is 43.2 Å². The van der Waals surface area contributed by atoms with Gasteiger partial charge in [-0.25, -0.2) is 0 Å². The van der Waals surface area contributed by atoms with Crippen LogP contribution in [0.25, 0.3) is 11.4 Å². The summed E-state index contributed by atoms with van der Waals surface area (Å²) >= 11 is 5.92. The normalized spacial score (nSPS) is 18.9. The fraction of sp³-hybridized carbons (Fsp3) is 0.550. The average Bonchev–Trinajstić information content (AvgIpc) is 3.35. The summed E-state index contributed by atoms with van der Waals surface area (Å²) in [7, 11) is 0. The summed E-state index contributed by atoms with van der Waals surface area (Å²) in [6.45, 7) is 3.86. The quantitative estimate of drug-likeness (QED) is 0.782. The zero-order chi connectivity index (χ0) is 18.6. The lowest BCUT2D eigenvalue weighted by Crippen LogP contribution is -2.48. The first-order valence-electron chi connectivity index (χ1n) is 9.76. The zero-order valence-corrected chi connectivity index (χ0v) is 16.2. The molecule has 0 unspecified atom stereocenters. The van der Waals surface area contributed by atoms with Crippen LogP contribution in [0.5, 0.6) is 0 Å². The number of amides is 1. The molecule has 27 heavy (non-hydrogen) atoms. The lowest BCUT2D eigenvalue weighted by Gasteiger charge is -2.34. The third kappa shape index (κ3) is 4.68. The van der Waals surface area contributed by atoms with Crippen LogP contribution in [0.2, 0.25) is 5.02 Å². The fourth-order valence-corrected chi connectivity index (χ4v) is 4.10. The van der Waals surface area contributed by atoms with Crippen molar-refractivity contribution in [3.05, 3.63) is 35.2 Å². The van der Waals surface area contributed by atoms with E-state index >= 15 is 0 Å². The van der Waals surface area contributed by atoms with E-state index in [2.05, 4.69) is 15.0 Å². The Balaban J connectivity index is 1.27. The molecule has 2 aliphatic rings. The van der Waals surface area contributed by atoms with Crippen molar-refractivity contribution in [3.8, 4) is 11.4 Å². The van der Waals surface area contributed by atoms with Crippen LogP contribution in [0.4, 0.5) is 0 Å². The highest BCUT2D eigenvalue weighted by atomic mass is 35.5. The van der Waals surface area contributed by atoms with Gasteiger partial charge in [0.25, 0.3) is 0 Å². The SMILES string of the molecule is O=C(CC1CCCC1)N1CCN(Cc2nc(-c3ccc(Cl)cc3)no2)CC1. The number of benzene rings is 1. The average molecular weight is 389 g/mol. The van der Waals surface area contributed by atoms with Gasteiger partial charge in [0.05, 0.1) is 6.54 Å². The Morgan fingerprint density at radius 1 is 1.11 bits per heavy atom. The molecule has 1 aromatic carbocycles. The summed E-state index contributed by atoms with van der Waals surface area (Å²) in [6.07, 6.45) is 5.74. The van der Waals surface area contributed by atoms with E-state index in [1.807, 2.05) is 29.2 Å². The van der Waals surface area contributed by atoms with Crippen molar-refractivity contribution in [1.29, 1.82) is 0 Å². The van der Waals surface area contributed by atoms with Crippen molar-refractivity contribution < 1.29 is 9.32 Å². The Kier molecular flexibility index (Phi) is 5.74. The minimum atomic E-state index is 0.323. The lowest BCUT2D eigenvalue weighted by molar-refractivity contribution is -0.134. The molecule has 144 valence electrons. The molecule has 1 saturated heterocycles. The van der Waals surface area contributed by atoms with E-state index in [1.165, 1.54) is 25.7 Å². The molecule has 0 atom stereocenters. The smallest absolute Gasteiger partial charge is 0.241 e. The molecule has 1 aliphatic carbocycles. The third-order valence-corrected chi connectivity index (χ3v) is 5.84. The summed E-state index contributed by atoms with van der Waals surface area (Å²) in [5.41, 5.74) is 0.886. The highest BCUT2D eigenvalue weighted by molar-refractivity contribution is 6.30. The monoisotopic (exact) mass is 388 g/mol. The molecule has 4 rings (SSSR count). The van der Waals surface area contributed by atoms with E-state index in [-0.39, 0.29) is 0 Å². The molecule has 1 amide bonds. The van der Waals surface area contributed by atoms with Crippen LogP contribution in [0.1, 0.15) is 38.0 Å². The van der Waals surface area contributed by atoms with Gasteiger partial charge in [0.15, 0.2) is 0 Å². The molecule has 7 heteroatoms. The molecule has 0 radical (unpaired) electrons. The van der Waals surface area contributed by atoms with E-state index in [4.69, 9.17) is 16.1 Å². The number of halogens is 1. The molecule has 2 heterocycles. The molecular formula is C20H25ClN4O2. The van der Waals surface area contributed by atoms with E-state index in [1.54, 1.807) is 0 Å². The zero-order valence-electron chi connectivity index (χ0n) is 15.4. The lowest BCUT2D eigenvalue weighted by atomic mass is 10.0. The van der Waals surface area contributed by atoms with Gasteiger partial charge in [-0.2, -0.15) is 4.98 Å². The summed E-state index contributed by atoms with van der Waals surface area (Å²) in [5, 5.41) is 4.74. The number of hydrogen-bond donors (Lipinski definition) is 0. The van der Waals surface area contributed by atoms with E-state index in [0.29, 0.717) is 35.1 Å². The predicted octanol–water partition coefficient (Wildman–Crippen LogP) is 3.61. The Morgan fingerprint density at radius 2 is 1.81 bits per heavy atom. The second-order valence-electron chi connectivity index (χ2n) is 7.53. The summed E-state index contributed by atoms with van der Waals surface area (Å²) in [4.78, 5) is 21.2. The molecular weight excluding hydrogens is 364 g/mol. The van der Waals surface area contributed by atoms with Gasteiger partial charge in [-0.05, 0) is 43.0 Å². The summed E-state index contributed by atoms with van der Waals surface area (Å²) < 4.78 is 5.40. The van der Waals surface area contributed by atoms with Crippen LogP contribution >= 0.6 is 11.6 Å². The second kappa shape index (κ2) is 8.40. The number of aromatic nitrogens is 2. The van der Waals surface area contributed by atoms with Gasteiger partial charge in [-0.15, -0.1) is 0 Å². The number of carbonyl (C=O) groups excluding carboxylic acids is 1. The van der Waals surface area contributed by atoms with E-state index in [9.17, 15) is 4.79 Å². The molecule has 2 aromatic rings. The minimum absolute atomic E-state index is 0.323. The van der Waals surface area contributed by atoms with Crippen LogP contribution in [0, 0.1) is 5.92 Å². The van der Waals surface area contributed by atoms with Crippen molar-refractivity contribution in [2.75, 3.05) is 26.2 Å². The highest BCUT2D eigenvalue weighted by Gasteiger charge is 2.25. The van der Waals surface area contributed by atoms with Crippen molar-refractivity contribution >= 4 is 17.5 Å². The second-order valence-corrected chi connectivity index (χ2v) is 7.97. The van der Waals surface area contributed by atoms with Crippen LogP contribution in [0.3, 0.4) is 0 Å². The largest absolute Gasteiger partial charge is 0.340 e. The van der Waals surface area contributed by atoms with Crippen LogP contribution in [0.15, 0.2) is 28.8 Å². The topological polar surface area (TPSA) is 62.5 Å². The standard InChI is InChI=1S/C20H25ClN4O2/c21-17-7-5-16(6-8-17)20-22-18(27-23-20)14-24-9-11-25(12-10-24)19(26)13-15-3-1-2-4-15/h5-8,15H,1-4,9-14H2. The molecule has 0 spiro atoms. The maximum absolute atomic E-state index is 12.5. The minimum Gasteiger partial charge on any atom is -0.340 e. The molecule has 6 nitrogen and oxygen atoms in total. The van der Waals surface area contributed by atoms with Crippen LogP contribution in [-0.2, 0) is 11.3 Å². The Morgan fingerprint density at radius 3 is 2.52 bits per heavy atom. The molecule has 2 fully saturated rings. The van der Waals surface area contributed by atoms with Crippen molar-refractivity contribution in [3.63, 3.8) is 0 Å². The van der Waals surface area contributed by atoms with E-state index < -0.39 is 0 Å².